The van der Waals surface area contributed by atoms with Gasteiger partial charge < -0.3 is 19.7 Å². The minimum Gasteiger partial charge on any atom is -0.394 e. The summed E-state index contributed by atoms with van der Waals surface area (Å²) in [6, 6.07) is 0. The van der Waals surface area contributed by atoms with Crippen LogP contribution in [0.5, 0.6) is 0 Å². The van der Waals surface area contributed by atoms with E-state index in [9.17, 15) is 5.11 Å². The Morgan fingerprint density at radius 2 is 2.30 bits per heavy atom. The van der Waals surface area contributed by atoms with Gasteiger partial charge in [-0.2, -0.15) is 0 Å². The van der Waals surface area contributed by atoms with Gasteiger partial charge in [0.1, 0.15) is 24.4 Å². The number of aliphatic hydroxyl groups excluding tert-OH is 2. The smallest absolute Gasteiger partial charge is 0.114 e. The average Bonchev–Trinajstić information content (AvgIpc) is 2.05. The summed E-state index contributed by atoms with van der Waals surface area (Å²) in [5.74, 6) is 0. The summed E-state index contributed by atoms with van der Waals surface area (Å²) in [7, 11) is 0. The van der Waals surface area contributed by atoms with E-state index in [4.69, 9.17) is 14.6 Å². The van der Waals surface area contributed by atoms with Crippen LogP contribution in [0.3, 0.4) is 0 Å². The molecular formula is C6H10O4. The molecule has 4 nitrogen and oxygen atoms in total. The van der Waals surface area contributed by atoms with Crippen LogP contribution >= 0.6 is 0 Å². The lowest BCUT2D eigenvalue weighted by Gasteiger charge is -2.30. The van der Waals surface area contributed by atoms with Gasteiger partial charge >= 0.3 is 0 Å². The number of fused-ring (bicyclic) bond motifs is 1. The molecule has 0 bridgehead atoms. The zero-order chi connectivity index (χ0) is 7.14. The molecule has 3 unspecified atom stereocenters. The Bertz CT molecular complexity index is 138. The lowest BCUT2D eigenvalue weighted by atomic mass is 10.0. The molecular weight excluding hydrogens is 136 g/mol. The van der Waals surface area contributed by atoms with Crippen LogP contribution in [-0.2, 0) is 9.47 Å². The van der Waals surface area contributed by atoms with E-state index >= 15 is 0 Å². The molecule has 0 radical (unpaired) electrons. The zero-order valence-corrected chi connectivity index (χ0v) is 5.43. The molecule has 0 aliphatic carbocycles. The molecule has 2 rings (SSSR count). The fourth-order valence-electron chi connectivity index (χ4n) is 1.39. The quantitative estimate of drug-likeness (QED) is 0.473. The van der Waals surface area contributed by atoms with Crippen molar-refractivity contribution in [3.8, 4) is 0 Å². The number of hydrogen-bond donors (Lipinski definition) is 2. The molecule has 0 amide bonds. The third kappa shape index (κ3) is 0.703. The van der Waals surface area contributed by atoms with Gasteiger partial charge in [0.05, 0.1) is 13.2 Å². The van der Waals surface area contributed by atoms with Gasteiger partial charge in [0, 0.05) is 0 Å². The molecule has 10 heavy (non-hydrogen) atoms. The van der Waals surface area contributed by atoms with Gasteiger partial charge in [-0.3, -0.25) is 0 Å². The van der Waals surface area contributed by atoms with Crippen LogP contribution in [0.25, 0.3) is 0 Å². The fraction of sp³-hybridized carbons (Fsp3) is 1.00. The van der Waals surface area contributed by atoms with Gasteiger partial charge in [0.2, 0.25) is 0 Å². The molecule has 0 spiro atoms. The molecule has 0 aromatic heterocycles. The zero-order valence-electron chi connectivity index (χ0n) is 5.43. The number of rotatable bonds is 1. The Morgan fingerprint density at radius 1 is 1.50 bits per heavy atom. The third-order valence-corrected chi connectivity index (χ3v) is 2.07. The van der Waals surface area contributed by atoms with Crippen molar-refractivity contribution in [2.24, 2.45) is 0 Å². The normalized spacial score (nSPS) is 52.2. The maximum absolute atomic E-state index is 9.27. The van der Waals surface area contributed by atoms with Crippen molar-refractivity contribution in [1.82, 2.24) is 0 Å². The lowest BCUT2D eigenvalue weighted by Crippen LogP contribution is -2.47. The number of aliphatic hydroxyl groups is 2. The van der Waals surface area contributed by atoms with Crippen molar-refractivity contribution in [2.75, 3.05) is 13.2 Å². The van der Waals surface area contributed by atoms with Crippen LogP contribution in [0.15, 0.2) is 0 Å². The first-order chi connectivity index (χ1) is 4.83. The van der Waals surface area contributed by atoms with Crippen LogP contribution in [0.4, 0.5) is 0 Å². The van der Waals surface area contributed by atoms with E-state index in [0.29, 0.717) is 6.61 Å². The molecule has 0 aromatic carbocycles. The number of ether oxygens (including phenoxy) is 2. The maximum Gasteiger partial charge on any atom is 0.114 e. The first-order valence-corrected chi connectivity index (χ1v) is 3.39. The summed E-state index contributed by atoms with van der Waals surface area (Å²) in [5.41, 5.74) is 0. The van der Waals surface area contributed by atoms with Crippen molar-refractivity contribution >= 4 is 0 Å². The molecule has 2 saturated heterocycles. The van der Waals surface area contributed by atoms with Crippen molar-refractivity contribution in [3.05, 3.63) is 0 Å². The maximum atomic E-state index is 9.27. The van der Waals surface area contributed by atoms with Crippen LogP contribution < -0.4 is 0 Å². The summed E-state index contributed by atoms with van der Waals surface area (Å²) in [6.07, 6.45) is -1.23. The Balaban J connectivity index is 2.02. The summed E-state index contributed by atoms with van der Waals surface area (Å²) in [6.45, 7) is 0.426. The minimum absolute atomic E-state index is 0.0205. The Hall–Kier alpha value is -0.160. The third-order valence-electron chi connectivity index (χ3n) is 2.07. The van der Waals surface area contributed by atoms with Crippen LogP contribution in [0.1, 0.15) is 0 Å². The van der Waals surface area contributed by atoms with Crippen molar-refractivity contribution in [2.45, 2.75) is 24.4 Å². The fourth-order valence-corrected chi connectivity index (χ4v) is 1.39. The largest absolute Gasteiger partial charge is 0.394 e. The highest BCUT2D eigenvalue weighted by molar-refractivity contribution is 4.96. The number of hydrogen-bond acceptors (Lipinski definition) is 4. The molecule has 2 heterocycles. The minimum atomic E-state index is -0.635. The second-order valence-electron chi connectivity index (χ2n) is 2.68. The highest BCUT2D eigenvalue weighted by Gasteiger charge is 2.49. The highest BCUT2D eigenvalue weighted by Crippen LogP contribution is 2.30. The first kappa shape index (κ1) is 6.54. The van der Waals surface area contributed by atoms with Crippen LogP contribution in [0, 0.1) is 0 Å². The van der Waals surface area contributed by atoms with E-state index in [0.717, 1.165) is 0 Å². The predicted molar refractivity (Wildman–Crippen MR) is 31.5 cm³/mol. The topological polar surface area (TPSA) is 58.9 Å². The second kappa shape index (κ2) is 2.17. The van der Waals surface area contributed by atoms with E-state index in [1.165, 1.54) is 0 Å². The Kier molecular flexibility index (Phi) is 1.42. The van der Waals surface area contributed by atoms with Gasteiger partial charge in [0.25, 0.3) is 0 Å². The van der Waals surface area contributed by atoms with Crippen molar-refractivity contribution < 1.29 is 19.7 Å². The molecule has 58 valence electrons. The van der Waals surface area contributed by atoms with Gasteiger partial charge in [-0.25, -0.2) is 0 Å². The molecule has 4 heteroatoms. The van der Waals surface area contributed by atoms with Crippen LogP contribution in [-0.4, -0.2) is 47.8 Å². The average molecular weight is 146 g/mol. The van der Waals surface area contributed by atoms with Gasteiger partial charge in [0.15, 0.2) is 0 Å². The van der Waals surface area contributed by atoms with Crippen molar-refractivity contribution in [3.63, 3.8) is 0 Å². The predicted octanol–water partition coefficient (Wildman–Crippen LogP) is -1.49. The summed E-state index contributed by atoms with van der Waals surface area (Å²) < 4.78 is 10.2. The molecule has 2 aliphatic rings. The molecule has 0 aromatic rings. The first-order valence-electron chi connectivity index (χ1n) is 3.39. The Morgan fingerprint density at radius 3 is 2.60 bits per heavy atom. The van der Waals surface area contributed by atoms with E-state index in [1.54, 1.807) is 0 Å². The van der Waals surface area contributed by atoms with E-state index < -0.39 is 12.2 Å². The molecule has 4 atom stereocenters. The van der Waals surface area contributed by atoms with Gasteiger partial charge in [-0.15, -0.1) is 0 Å². The lowest BCUT2D eigenvalue weighted by molar-refractivity contribution is -0.154. The SMILES string of the molecule is OC[C@H]1OC2COC2C1O. The summed E-state index contributed by atoms with van der Waals surface area (Å²) in [5, 5.41) is 17.9. The van der Waals surface area contributed by atoms with Gasteiger partial charge in [-0.05, 0) is 0 Å². The molecule has 2 aliphatic heterocycles. The standard InChI is InChI=1S/C6H10O4/c7-1-3-5(8)6-4(10-3)2-9-6/h3-8H,1-2H2/t3-,4?,5?,6?/m1/s1. The second-order valence-corrected chi connectivity index (χ2v) is 2.68. The van der Waals surface area contributed by atoms with Gasteiger partial charge in [-0.1, -0.05) is 0 Å². The Labute approximate surface area is 58.4 Å². The van der Waals surface area contributed by atoms with E-state index in [-0.39, 0.29) is 18.8 Å². The van der Waals surface area contributed by atoms with Crippen molar-refractivity contribution in [1.29, 1.82) is 0 Å². The van der Waals surface area contributed by atoms with E-state index in [1.807, 2.05) is 0 Å². The summed E-state index contributed by atoms with van der Waals surface area (Å²) >= 11 is 0. The highest BCUT2D eigenvalue weighted by atomic mass is 16.6. The molecule has 2 N–H and O–H groups in total. The van der Waals surface area contributed by atoms with Crippen LogP contribution in [0.2, 0.25) is 0 Å². The monoisotopic (exact) mass is 146 g/mol. The molecule has 0 saturated carbocycles. The summed E-state index contributed by atoms with van der Waals surface area (Å²) in [4.78, 5) is 0. The molecule has 2 fully saturated rings. The van der Waals surface area contributed by atoms with E-state index in [2.05, 4.69) is 0 Å².